The number of hydrogen-bond donors (Lipinski definition) is 2. The van der Waals surface area contributed by atoms with Crippen molar-refractivity contribution >= 4 is 12.2 Å². The van der Waals surface area contributed by atoms with E-state index in [2.05, 4.69) is 0 Å². The maximum Gasteiger partial charge on any atom is 0.410 e. The van der Waals surface area contributed by atoms with E-state index in [0.29, 0.717) is 26.2 Å². The quantitative estimate of drug-likeness (QED) is 0.732. The predicted octanol–water partition coefficient (Wildman–Crippen LogP) is 2.10. The molecule has 1 fully saturated rings. The number of nitrogens with zero attached hydrogens (tertiary/aromatic N) is 2. The van der Waals surface area contributed by atoms with Gasteiger partial charge in [-0.1, -0.05) is 0 Å². The zero-order valence-corrected chi connectivity index (χ0v) is 13.9. The Bertz CT molecular complexity index is 381. The van der Waals surface area contributed by atoms with Crippen molar-refractivity contribution in [1.82, 2.24) is 9.80 Å². The van der Waals surface area contributed by atoms with Crippen LogP contribution in [0.5, 0.6) is 0 Å². The summed E-state index contributed by atoms with van der Waals surface area (Å²) in [5, 5.41) is 9.21. The lowest BCUT2D eigenvalue weighted by atomic mass is 10.2. The molecule has 7 nitrogen and oxygen atoms in total. The van der Waals surface area contributed by atoms with Crippen molar-refractivity contribution in [2.24, 2.45) is 5.73 Å². The number of nitrogens with two attached hydrogens (primary N) is 1. The van der Waals surface area contributed by atoms with E-state index in [1.165, 1.54) is 4.90 Å². The Balaban J connectivity index is 2.68. The summed E-state index contributed by atoms with van der Waals surface area (Å²) >= 11 is 0. The second-order valence-corrected chi connectivity index (χ2v) is 6.69. The van der Waals surface area contributed by atoms with Gasteiger partial charge in [-0.2, -0.15) is 0 Å². The standard InChI is InChI=1S/C15H29N3O4/c1-15(2,3)22-14(21)17(9-5-4-8-16)11-12-7-6-10-18(12)13(19)20/h12H,4-11,16H2,1-3H3,(H,19,20)/t12-/m1/s1. The maximum atomic E-state index is 12.3. The molecule has 0 aromatic carbocycles. The number of ether oxygens (including phenoxy) is 1. The average molecular weight is 315 g/mol. The van der Waals surface area contributed by atoms with Crippen LogP contribution in [0, 0.1) is 0 Å². The molecule has 0 bridgehead atoms. The minimum absolute atomic E-state index is 0.150. The molecule has 2 amide bonds. The summed E-state index contributed by atoms with van der Waals surface area (Å²) in [7, 11) is 0. The van der Waals surface area contributed by atoms with Gasteiger partial charge in [-0.25, -0.2) is 9.59 Å². The number of rotatable bonds is 6. The van der Waals surface area contributed by atoms with E-state index in [4.69, 9.17) is 10.5 Å². The fourth-order valence-corrected chi connectivity index (χ4v) is 2.56. The fourth-order valence-electron chi connectivity index (χ4n) is 2.56. The normalized spacial score (nSPS) is 18.4. The molecule has 1 aliphatic rings. The first-order valence-electron chi connectivity index (χ1n) is 7.92. The lowest BCUT2D eigenvalue weighted by molar-refractivity contribution is 0.0201. The Morgan fingerprint density at radius 1 is 1.36 bits per heavy atom. The minimum Gasteiger partial charge on any atom is -0.465 e. The summed E-state index contributed by atoms with van der Waals surface area (Å²) in [6.45, 7) is 7.49. The Morgan fingerprint density at radius 3 is 2.59 bits per heavy atom. The first-order valence-corrected chi connectivity index (χ1v) is 7.92. The van der Waals surface area contributed by atoms with Crippen LogP contribution in [0.15, 0.2) is 0 Å². The SMILES string of the molecule is CC(C)(C)OC(=O)N(CCCCN)C[C@H]1CCCN1C(=O)O. The molecule has 0 aromatic heterocycles. The van der Waals surface area contributed by atoms with Crippen LogP contribution in [-0.4, -0.2) is 64.9 Å². The topological polar surface area (TPSA) is 96.1 Å². The van der Waals surface area contributed by atoms with E-state index >= 15 is 0 Å². The highest BCUT2D eigenvalue weighted by molar-refractivity contribution is 5.69. The first-order chi connectivity index (χ1) is 10.2. The molecule has 1 aliphatic heterocycles. The van der Waals surface area contributed by atoms with E-state index in [0.717, 1.165) is 25.7 Å². The number of likely N-dealkylation sites (tertiary alicyclic amines) is 1. The van der Waals surface area contributed by atoms with Gasteiger partial charge >= 0.3 is 12.2 Å². The Hall–Kier alpha value is -1.50. The summed E-state index contributed by atoms with van der Waals surface area (Å²) in [5.74, 6) is 0. The van der Waals surface area contributed by atoms with Gasteiger partial charge in [0.15, 0.2) is 0 Å². The van der Waals surface area contributed by atoms with Crippen molar-refractivity contribution in [2.75, 3.05) is 26.2 Å². The van der Waals surface area contributed by atoms with Gasteiger partial charge in [0.1, 0.15) is 5.60 Å². The van der Waals surface area contributed by atoms with Crippen LogP contribution in [-0.2, 0) is 4.74 Å². The van der Waals surface area contributed by atoms with Crippen LogP contribution in [0.4, 0.5) is 9.59 Å². The van der Waals surface area contributed by atoms with Gasteiger partial charge in [0.25, 0.3) is 0 Å². The molecule has 0 unspecified atom stereocenters. The van der Waals surface area contributed by atoms with Crippen LogP contribution in [0.3, 0.4) is 0 Å². The third kappa shape index (κ3) is 6.09. The van der Waals surface area contributed by atoms with Crippen molar-refractivity contribution < 1.29 is 19.4 Å². The minimum atomic E-state index is -0.923. The summed E-state index contributed by atoms with van der Waals surface area (Å²) in [6.07, 6.45) is 1.92. The van der Waals surface area contributed by atoms with Gasteiger partial charge in [0.05, 0.1) is 6.04 Å². The number of carbonyl (C=O) groups is 2. The van der Waals surface area contributed by atoms with Crippen LogP contribution in [0.2, 0.25) is 0 Å². The molecule has 3 N–H and O–H groups in total. The molecule has 1 heterocycles. The largest absolute Gasteiger partial charge is 0.465 e. The highest BCUT2D eigenvalue weighted by atomic mass is 16.6. The molecule has 7 heteroatoms. The summed E-state index contributed by atoms with van der Waals surface area (Å²) in [4.78, 5) is 26.6. The van der Waals surface area contributed by atoms with E-state index in [9.17, 15) is 14.7 Å². The first kappa shape index (κ1) is 18.5. The van der Waals surface area contributed by atoms with Crippen molar-refractivity contribution in [1.29, 1.82) is 0 Å². The zero-order valence-electron chi connectivity index (χ0n) is 13.9. The molecule has 22 heavy (non-hydrogen) atoms. The van der Waals surface area contributed by atoms with Crippen LogP contribution in [0.25, 0.3) is 0 Å². The third-order valence-electron chi connectivity index (χ3n) is 3.59. The molecule has 0 spiro atoms. The number of hydrogen-bond acceptors (Lipinski definition) is 4. The molecule has 1 saturated heterocycles. The number of amides is 2. The second-order valence-electron chi connectivity index (χ2n) is 6.69. The molecular formula is C15H29N3O4. The predicted molar refractivity (Wildman–Crippen MR) is 83.8 cm³/mol. The lowest BCUT2D eigenvalue weighted by Gasteiger charge is -2.31. The van der Waals surface area contributed by atoms with E-state index in [-0.39, 0.29) is 12.1 Å². The molecular weight excluding hydrogens is 286 g/mol. The van der Waals surface area contributed by atoms with Crippen molar-refractivity contribution in [2.45, 2.75) is 58.1 Å². The third-order valence-corrected chi connectivity index (χ3v) is 3.59. The molecule has 0 saturated carbocycles. The van der Waals surface area contributed by atoms with Gasteiger partial charge in [0.2, 0.25) is 0 Å². The fraction of sp³-hybridized carbons (Fsp3) is 0.867. The molecule has 1 rings (SSSR count). The van der Waals surface area contributed by atoms with Gasteiger partial charge in [-0.15, -0.1) is 0 Å². The van der Waals surface area contributed by atoms with E-state index in [1.54, 1.807) is 4.90 Å². The smallest absolute Gasteiger partial charge is 0.410 e. The highest BCUT2D eigenvalue weighted by Crippen LogP contribution is 2.20. The molecule has 128 valence electrons. The van der Waals surface area contributed by atoms with Gasteiger partial charge in [-0.3, -0.25) is 0 Å². The summed E-state index contributed by atoms with van der Waals surface area (Å²) in [6, 6.07) is -0.150. The monoisotopic (exact) mass is 315 g/mol. The van der Waals surface area contributed by atoms with E-state index in [1.807, 2.05) is 20.8 Å². The van der Waals surface area contributed by atoms with Crippen LogP contribution >= 0.6 is 0 Å². The van der Waals surface area contributed by atoms with Gasteiger partial charge in [-0.05, 0) is 53.0 Å². The summed E-state index contributed by atoms with van der Waals surface area (Å²) in [5.41, 5.74) is 4.93. The Morgan fingerprint density at radius 2 is 2.05 bits per heavy atom. The highest BCUT2D eigenvalue weighted by Gasteiger charge is 2.32. The average Bonchev–Trinajstić information content (AvgIpc) is 2.84. The Kier molecular flexibility index (Phi) is 6.93. The molecule has 1 atom stereocenters. The second kappa shape index (κ2) is 8.22. The van der Waals surface area contributed by atoms with E-state index < -0.39 is 11.7 Å². The Labute approximate surface area is 132 Å². The zero-order chi connectivity index (χ0) is 16.8. The van der Waals surface area contributed by atoms with Crippen LogP contribution in [0.1, 0.15) is 46.5 Å². The molecule has 0 radical (unpaired) electrons. The maximum absolute atomic E-state index is 12.3. The van der Waals surface area contributed by atoms with Gasteiger partial charge < -0.3 is 25.4 Å². The van der Waals surface area contributed by atoms with Crippen molar-refractivity contribution in [3.05, 3.63) is 0 Å². The van der Waals surface area contributed by atoms with Crippen LogP contribution < -0.4 is 5.73 Å². The van der Waals surface area contributed by atoms with Crippen molar-refractivity contribution in [3.63, 3.8) is 0 Å². The van der Waals surface area contributed by atoms with Gasteiger partial charge in [0, 0.05) is 19.6 Å². The summed E-state index contributed by atoms with van der Waals surface area (Å²) < 4.78 is 5.43. The lowest BCUT2D eigenvalue weighted by Crippen LogP contribution is -2.46. The number of carboxylic acid groups (broad SMARTS) is 1. The molecule has 0 aliphatic carbocycles. The molecule has 0 aromatic rings. The van der Waals surface area contributed by atoms with Crippen molar-refractivity contribution in [3.8, 4) is 0 Å². The number of carbonyl (C=O) groups excluding carboxylic acids is 1. The number of unbranched alkanes of at least 4 members (excludes halogenated alkanes) is 1.